The predicted octanol–water partition coefficient (Wildman–Crippen LogP) is 4.07. The lowest BCUT2D eigenvalue weighted by Gasteiger charge is -2.16. The fourth-order valence-electron chi connectivity index (χ4n) is 2.23. The van der Waals surface area contributed by atoms with Crippen molar-refractivity contribution >= 4 is 17.6 Å². The molecular formula is C19H20F3N3O3. The molecule has 2 amide bonds. The lowest BCUT2D eigenvalue weighted by atomic mass is 10.1. The Labute approximate surface area is 160 Å². The topological polar surface area (TPSA) is 80.3 Å². The second kappa shape index (κ2) is 8.73. The van der Waals surface area contributed by atoms with Gasteiger partial charge in [0, 0.05) is 17.7 Å². The summed E-state index contributed by atoms with van der Waals surface area (Å²) in [5.41, 5.74) is 0.892. The number of halogens is 3. The lowest BCUT2D eigenvalue weighted by Crippen LogP contribution is -2.27. The van der Waals surface area contributed by atoms with Crippen LogP contribution < -0.4 is 15.4 Å². The molecule has 0 spiro atoms. The number of hydrogen-bond acceptors (Lipinski definition) is 4. The molecule has 6 nitrogen and oxygen atoms in total. The third kappa shape index (κ3) is 6.26. The van der Waals surface area contributed by atoms with E-state index in [9.17, 15) is 22.8 Å². The van der Waals surface area contributed by atoms with Crippen LogP contribution in [0.25, 0.3) is 0 Å². The molecule has 2 rings (SSSR count). The highest BCUT2D eigenvalue weighted by atomic mass is 19.4. The average molecular weight is 395 g/mol. The van der Waals surface area contributed by atoms with Crippen molar-refractivity contribution in [1.29, 1.82) is 0 Å². The number of nitrogens with zero attached hydrogens (tertiary/aromatic N) is 1. The van der Waals surface area contributed by atoms with E-state index in [1.807, 2.05) is 0 Å². The van der Waals surface area contributed by atoms with Gasteiger partial charge in [0.05, 0.1) is 6.04 Å². The van der Waals surface area contributed by atoms with Gasteiger partial charge in [-0.05, 0) is 48.9 Å². The molecular weight excluding hydrogens is 375 g/mol. The van der Waals surface area contributed by atoms with E-state index in [0.29, 0.717) is 11.4 Å². The summed E-state index contributed by atoms with van der Waals surface area (Å²) >= 11 is 0. The summed E-state index contributed by atoms with van der Waals surface area (Å²) in [6.45, 7) is 5.25. The van der Waals surface area contributed by atoms with E-state index >= 15 is 0 Å². The van der Waals surface area contributed by atoms with E-state index in [4.69, 9.17) is 0 Å². The van der Waals surface area contributed by atoms with Gasteiger partial charge in [0.1, 0.15) is 11.6 Å². The number of aromatic nitrogens is 1. The standard InChI is InChI=1S/C19H20F3N3O3/c1-11(2)17(26)25-16-10-14(8-9-23-16)12(3)24-18(27)13-4-6-15(7-5-13)28-19(20,21)22/h4-12H,1-3H3,(H,24,27)(H,23,25,26). The highest BCUT2D eigenvalue weighted by Gasteiger charge is 2.31. The summed E-state index contributed by atoms with van der Waals surface area (Å²) in [7, 11) is 0. The second-order valence-corrected chi connectivity index (χ2v) is 6.39. The highest BCUT2D eigenvalue weighted by molar-refractivity contribution is 5.94. The van der Waals surface area contributed by atoms with Gasteiger partial charge in [-0.2, -0.15) is 0 Å². The Morgan fingerprint density at radius 2 is 1.71 bits per heavy atom. The van der Waals surface area contributed by atoms with E-state index in [-0.39, 0.29) is 17.4 Å². The Kier molecular flexibility index (Phi) is 6.61. The van der Waals surface area contributed by atoms with Crippen LogP contribution in [0.1, 0.15) is 42.7 Å². The number of hydrogen-bond donors (Lipinski definition) is 2. The molecule has 9 heteroatoms. The van der Waals surface area contributed by atoms with Crippen LogP contribution in [0.15, 0.2) is 42.6 Å². The van der Waals surface area contributed by atoms with Gasteiger partial charge in [-0.15, -0.1) is 13.2 Å². The molecule has 2 aromatic rings. The average Bonchev–Trinajstić information content (AvgIpc) is 2.61. The molecule has 2 N–H and O–H groups in total. The third-order valence-electron chi connectivity index (χ3n) is 3.76. The van der Waals surface area contributed by atoms with E-state index in [2.05, 4.69) is 20.4 Å². The number of alkyl halides is 3. The number of nitrogens with one attached hydrogen (secondary N) is 2. The first kappa shape index (κ1) is 21.2. The first-order valence-corrected chi connectivity index (χ1v) is 8.48. The molecule has 28 heavy (non-hydrogen) atoms. The van der Waals surface area contributed by atoms with Gasteiger partial charge >= 0.3 is 6.36 Å². The van der Waals surface area contributed by atoms with Gasteiger partial charge < -0.3 is 15.4 Å². The van der Waals surface area contributed by atoms with Crippen molar-refractivity contribution in [3.8, 4) is 5.75 Å². The summed E-state index contributed by atoms with van der Waals surface area (Å²) in [4.78, 5) is 28.2. The summed E-state index contributed by atoms with van der Waals surface area (Å²) in [5.74, 6) is -0.882. The highest BCUT2D eigenvalue weighted by Crippen LogP contribution is 2.23. The number of ether oxygens (including phenoxy) is 1. The van der Waals surface area contributed by atoms with Crippen LogP contribution in [0, 0.1) is 5.92 Å². The van der Waals surface area contributed by atoms with Crippen molar-refractivity contribution in [2.24, 2.45) is 5.92 Å². The van der Waals surface area contributed by atoms with Crippen molar-refractivity contribution in [1.82, 2.24) is 10.3 Å². The van der Waals surface area contributed by atoms with Crippen LogP contribution >= 0.6 is 0 Å². The first-order valence-electron chi connectivity index (χ1n) is 8.48. The van der Waals surface area contributed by atoms with Gasteiger partial charge in [-0.1, -0.05) is 13.8 Å². The maximum Gasteiger partial charge on any atom is 0.573 e. The SMILES string of the molecule is CC(C)C(=O)Nc1cc(C(C)NC(=O)c2ccc(OC(F)(F)F)cc2)ccn1. The summed E-state index contributed by atoms with van der Waals surface area (Å²) in [5, 5.41) is 5.42. The largest absolute Gasteiger partial charge is 0.573 e. The minimum Gasteiger partial charge on any atom is -0.406 e. The van der Waals surface area contributed by atoms with Crippen LogP contribution in [0.2, 0.25) is 0 Å². The Morgan fingerprint density at radius 1 is 1.07 bits per heavy atom. The maximum atomic E-state index is 12.3. The minimum atomic E-state index is -4.79. The number of amides is 2. The van der Waals surface area contributed by atoms with Crippen LogP contribution in [-0.2, 0) is 4.79 Å². The molecule has 150 valence electrons. The number of pyridine rings is 1. The van der Waals surface area contributed by atoms with Crippen molar-refractivity contribution in [2.45, 2.75) is 33.2 Å². The zero-order valence-corrected chi connectivity index (χ0v) is 15.5. The molecule has 1 heterocycles. The zero-order chi connectivity index (χ0) is 20.9. The molecule has 0 aliphatic carbocycles. The van der Waals surface area contributed by atoms with Crippen LogP contribution in [0.4, 0.5) is 19.0 Å². The second-order valence-electron chi connectivity index (χ2n) is 6.39. The first-order chi connectivity index (χ1) is 13.0. The van der Waals surface area contributed by atoms with Gasteiger partial charge in [0.25, 0.3) is 5.91 Å². The number of carbonyl (C=O) groups excluding carboxylic acids is 2. The normalized spacial score (nSPS) is 12.4. The van der Waals surface area contributed by atoms with Crippen molar-refractivity contribution < 1.29 is 27.5 Å². The molecule has 0 bridgehead atoms. The number of carbonyl (C=O) groups is 2. The number of benzene rings is 1. The summed E-state index contributed by atoms with van der Waals surface area (Å²) in [6.07, 6.45) is -3.28. The lowest BCUT2D eigenvalue weighted by molar-refractivity contribution is -0.274. The summed E-state index contributed by atoms with van der Waals surface area (Å²) in [6, 6.07) is 7.53. The van der Waals surface area contributed by atoms with Crippen molar-refractivity contribution in [3.63, 3.8) is 0 Å². The monoisotopic (exact) mass is 395 g/mol. The molecule has 0 saturated carbocycles. The zero-order valence-electron chi connectivity index (χ0n) is 15.5. The van der Waals surface area contributed by atoms with Crippen LogP contribution in [-0.4, -0.2) is 23.2 Å². The Bertz CT molecular complexity index is 836. The van der Waals surface area contributed by atoms with Gasteiger partial charge in [-0.3, -0.25) is 9.59 Å². The van der Waals surface area contributed by atoms with Gasteiger partial charge in [0.15, 0.2) is 0 Å². The fourth-order valence-corrected chi connectivity index (χ4v) is 2.23. The van der Waals surface area contributed by atoms with E-state index in [1.54, 1.807) is 32.9 Å². The Hall–Kier alpha value is -3.10. The van der Waals surface area contributed by atoms with E-state index in [1.165, 1.54) is 18.3 Å². The van der Waals surface area contributed by atoms with Crippen molar-refractivity contribution in [2.75, 3.05) is 5.32 Å². The van der Waals surface area contributed by atoms with Crippen molar-refractivity contribution in [3.05, 3.63) is 53.7 Å². The quantitative estimate of drug-likeness (QED) is 0.773. The molecule has 0 fully saturated rings. The van der Waals surface area contributed by atoms with Gasteiger partial charge in [-0.25, -0.2) is 4.98 Å². The molecule has 0 saturated heterocycles. The Morgan fingerprint density at radius 3 is 2.29 bits per heavy atom. The molecule has 0 aliphatic heterocycles. The third-order valence-corrected chi connectivity index (χ3v) is 3.76. The van der Waals surface area contributed by atoms with Crippen LogP contribution in [0.3, 0.4) is 0 Å². The van der Waals surface area contributed by atoms with E-state index in [0.717, 1.165) is 12.1 Å². The fraction of sp³-hybridized carbons (Fsp3) is 0.316. The molecule has 1 aromatic carbocycles. The maximum absolute atomic E-state index is 12.3. The Balaban J connectivity index is 2.03. The molecule has 1 atom stereocenters. The van der Waals surface area contributed by atoms with Gasteiger partial charge in [0.2, 0.25) is 5.91 Å². The molecule has 0 radical (unpaired) electrons. The van der Waals surface area contributed by atoms with E-state index < -0.39 is 24.1 Å². The molecule has 1 aromatic heterocycles. The molecule has 0 aliphatic rings. The minimum absolute atomic E-state index is 0.178. The summed E-state index contributed by atoms with van der Waals surface area (Å²) < 4.78 is 40.3. The number of rotatable bonds is 6. The predicted molar refractivity (Wildman–Crippen MR) is 96.7 cm³/mol. The van der Waals surface area contributed by atoms with Crippen LogP contribution in [0.5, 0.6) is 5.75 Å². The number of anilines is 1. The molecule has 1 unspecified atom stereocenters. The smallest absolute Gasteiger partial charge is 0.406 e.